The first-order valence-corrected chi connectivity index (χ1v) is 8.02. The van der Waals surface area contributed by atoms with Crippen molar-refractivity contribution in [1.82, 2.24) is 15.1 Å². The Kier molecular flexibility index (Phi) is 6.07. The third kappa shape index (κ3) is 4.97. The Morgan fingerprint density at radius 1 is 1.22 bits per heavy atom. The molecule has 1 fully saturated rings. The zero-order valence-corrected chi connectivity index (χ0v) is 13.8. The van der Waals surface area contributed by atoms with Crippen molar-refractivity contribution in [3.8, 4) is 0 Å². The van der Waals surface area contributed by atoms with Crippen LogP contribution in [0.5, 0.6) is 0 Å². The van der Waals surface area contributed by atoms with Gasteiger partial charge in [-0.25, -0.2) is 0 Å². The number of carbonyl (C=O) groups excluding carboxylic acids is 1. The van der Waals surface area contributed by atoms with Gasteiger partial charge in [0.1, 0.15) is 0 Å². The van der Waals surface area contributed by atoms with Crippen LogP contribution in [0.4, 0.5) is 8.78 Å². The van der Waals surface area contributed by atoms with E-state index in [4.69, 9.17) is 0 Å². The molecule has 1 aliphatic heterocycles. The van der Waals surface area contributed by atoms with E-state index in [-0.39, 0.29) is 18.0 Å². The van der Waals surface area contributed by atoms with Crippen molar-refractivity contribution >= 4 is 5.91 Å². The Labute approximate surface area is 136 Å². The lowest BCUT2D eigenvalue weighted by Gasteiger charge is -2.34. The van der Waals surface area contributed by atoms with Gasteiger partial charge in [0.25, 0.3) is 5.91 Å². The predicted octanol–water partition coefficient (Wildman–Crippen LogP) is 1.78. The maximum Gasteiger partial charge on any atom is 0.349 e. The molecule has 1 unspecified atom stereocenters. The maximum absolute atomic E-state index is 14.1. The largest absolute Gasteiger partial charge is 0.350 e. The second kappa shape index (κ2) is 7.84. The highest BCUT2D eigenvalue weighted by Gasteiger charge is 2.40. The van der Waals surface area contributed by atoms with Gasteiger partial charge in [-0.05, 0) is 13.0 Å². The first-order valence-electron chi connectivity index (χ1n) is 8.02. The molecule has 0 radical (unpaired) electrons. The van der Waals surface area contributed by atoms with E-state index in [2.05, 4.69) is 22.2 Å². The van der Waals surface area contributed by atoms with Gasteiger partial charge in [-0.15, -0.1) is 0 Å². The van der Waals surface area contributed by atoms with Crippen molar-refractivity contribution in [2.24, 2.45) is 5.92 Å². The van der Waals surface area contributed by atoms with E-state index in [1.165, 1.54) is 24.3 Å². The summed E-state index contributed by atoms with van der Waals surface area (Å²) in [5, 5.41) is 2.39. The molecule has 6 heteroatoms. The first kappa shape index (κ1) is 17.8. The molecular weight excluding hydrogens is 300 g/mol. The second-order valence-electron chi connectivity index (χ2n) is 6.36. The van der Waals surface area contributed by atoms with Crippen LogP contribution in [0.25, 0.3) is 0 Å². The molecule has 2 rings (SSSR count). The minimum Gasteiger partial charge on any atom is -0.350 e. The van der Waals surface area contributed by atoms with Crippen molar-refractivity contribution in [1.29, 1.82) is 0 Å². The second-order valence-corrected chi connectivity index (χ2v) is 6.36. The predicted molar refractivity (Wildman–Crippen MR) is 86.4 cm³/mol. The van der Waals surface area contributed by atoms with E-state index in [9.17, 15) is 13.6 Å². The molecule has 1 heterocycles. The van der Waals surface area contributed by atoms with Crippen molar-refractivity contribution < 1.29 is 13.6 Å². The first-order chi connectivity index (χ1) is 10.9. The highest BCUT2D eigenvalue weighted by atomic mass is 19.3. The number of nitrogens with one attached hydrogen (secondary N) is 1. The molecule has 1 aliphatic rings. The monoisotopic (exact) mass is 325 g/mol. The summed E-state index contributed by atoms with van der Waals surface area (Å²) in [6.07, 6.45) is 0. The molecule has 0 aromatic heterocycles. The number of nitrogens with zero attached hydrogens (tertiary/aromatic N) is 2. The van der Waals surface area contributed by atoms with Gasteiger partial charge >= 0.3 is 5.92 Å². The molecule has 128 valence electrons. The maximum atomic E-state index is 14.1. The Hall–Kier alpha value is -1.53. The number of amides is 1. The molecule has 23 heavy (non-hydrogen) atoms. The number of hydrogen-bond acceptors (Lipinski definition) is 3. The molecule has 4 nitrogen and oxygen atoms in total. The van der Waals surface area contributed by atoms with Gasteiger partial charge in [-0.3, -0.25) is 4.79 Å². The van der Waals surface area contributed by atoms with Crippen LogP contribution in [0.15, 0.2) is 30.3 Å². The number of benzene rings is 1. The number of rotatable bonds is 6. The summed E-state index contributed by atoms with van der Waals surface area (Å²) < 4.78 is 28.1. The molecule has 1 atom stereocenters. The fourth-order valence-corrected chi connectivity index (χ4v) is 2.69. The Balaban J connectivity index is 1.79. The van der Waals surface area contributed by atoms with E-state index < -0.39 is 11.8 Å². The summed E-state index contributed by atoms with van der Waals surface area (Å²) in [6.45, 7) is 7.04. The summed E-state index contributed by atoms with van der Waals surface area (Å²) in [5.41, 5.74) is -0.274. The van der Waals surface area contributed by atoms with Gasteiger partial charge in [0.05, 0.1) is 0 Å². The van der Waals surface area contributed by atoms with E-state index >= 15 is 0 Å². The highest BCUT2D eigenvalue weighted by molar-refractivity contribution is 5.84. The van der Waals surface area contributed by atoms with Gasteiger partial charge in [0.2, 0.25) is 0 Å². The number of alkyl halides is 2. The smallest absolute Gasteiger partial charge is 0.349 e. The topological polar surface area (TPSA) is 35.6 Å². The number of halogens is 2. The van der Waals surface area contributed by atoms with E-state index in [0.717, 1.165) is 32.7 Å². The normalized spacial score (nSPS) is 18.6. The molecule has 0 aliphatic carbocycles. The van der Waals surface area contributed by atoms with Crippen molar-refractivity contribution in [2.75, 3.05) is 46.3 Å². The summed E-state index contributed by atoms with van der Waals surface area (Å²) in [6, 6.07) is 7.20. The van der Waals surface area contributed by atoms with E-state index in [0.29, 0.717) is 0 Å². The Morgan fingerprint density at radius 2 is 1.83 bits per heavy atom. The number of piperazine rings is 1. The van der Waals surface area contributed by atoms with Gasteiger partial charge in [-0.1, -0.05) is 37.3 Å². The zero-order valence-electron chi connectivity index (χ0n) is 13.8. The van der Waals surface area contributed by atoms with Gasteiger partial charge < -0.3 is 15.1 Å². The molecule has 0 spiro atoms. The van der Waals surface area contributed by atoms with Gasteiger partial charge in [-0.2, -0.15) is 8.78 Å². The summed E-state index contributed by atoms with van der Waals surface area (Å²) >= 11 is 0. The molecular formula is C17H25F2N3O. The minimum atomic E-state index is -3.49. The lowest BCUT2D eigenvalue weighted by Crippen LogP contribution is -2.47. The molecule has 1 N–H and O–H groups in total. The zero-order chi connectivity index (χ0) is 16.9. The summed E-state index contributed by atoms with van der Waals surface area (Å²) in [7, 11) is 2.09. The molecule has 1 aromatic carbocycles. The molecule has 1 aromatic rings. The third-order valence-electron chi connectivity index (χ3n) is 4.20. The quantitative estimate of drug-likeness (QED) is 0.866. The van der Waals surface area contributed by atoms with Crippen LogP contribution in [-0.2, 0) is 10.7 Å². The fourth-order valence-electron chi connectivity index (χ4n) is 2.69. The number of hydrogen-bond donors (Lipinski definition) is 1. The van der Waals surface area contributed by atoms with Crippen LogP contribution in [0.2, 0.25) is 0 Å². The average Bonchev–Trinajstić information content (AvgIpc) is 2.55. The van der Waals surface area contributed by atoms with Crippen LogP contribution in [-0.4, -0.2) is 62.0 Å². The lowest BCUT2D eigenvalue weighted by atomic mass is 10.1. The Morgan fingerprint density at radius 3 is 2.43 bits per heavy atom. The molecule has 0 saturated carbocycles. The van der Waals surface area contributed by atoms with Crippen LogP contribution in [0, 0.1) is 5.92 Å². The van der Waals surface area contributed by atoms with Crippen LogP contribution < -0.4 is 5.32 Å². The molecule has 1 amide bonds. The van der Waals surface area contributed by atoms with Gasteiger partial charge in [0.15, 0.2) is 0 Å². The van der Waals surface area contributed by atoms with E-state index in [1.54, 1.807) is 6.07 Å². The van der Waals surface area contributed by atoms with Crippen LogP contribution >= 0.6 is 0 Å². The standard InChI is InChI=1S/C17H25F2N3O/c1-14(13-22-10-8-21(2)9-11-22)12-20-16(23)17(18,19)15-6-4-3-5-7-15/h3-7,14H,8-13H2,1-2H3,(H,20,23). The lowest BCUT2D eigenvalue weighted by molar-refractivity contribution is -0.147. The average molecular weight is 325 g/mol. The van der Waals surface area contributed by atoms with Crippen molar-refractivity contribution in [3.05, 3.63) is 35.9 Å². The summed E-state index contributed by atoms with van der Waals surface area (Å²) in [5.74, 6) is -4.59. The Bertz CT molecular complexity index is 502. The van der Waals surface area contributed by atoms with Gasteiger partial charge in [0, 0.05) is 44.8 Å². The SMILES string of the molecule is CC(CNC(=O)C(F)(F)c1ccccc1)CN1CCN(C)CC1. The van der Waals surface area contributed by atoms with E-state index in [1.807, 2.05) is 6.92 Å². The number of likely N-dealkylation sites (N-methyl/N-ethyl adjacent to an activating group) is 1. The molecule has 1 saturated heterocycles. The minimum absolute atomic E-state index is 0.133. The highest BCUT2D eigenvalue weighted by Crippen LogP contribution is 2.27. The summed E-state index contributed by atoms with van der Waals surface area (Å²) in [4.78, 5) is 16.4. The van der Waals surface area contributed by atoms with Crippen molar-refractivity contribution in [3.63, 3.8) is 0 Å². The number of carbonyl (C=O) groups is 1. The third-order valence-corrected chi connectivity index (χ3v) is 4.20. The fraction of sp³-hybridized carbons (Fsp3) is 0.588. The van der Waals surface area contributed by atoms with Crippen LogP contribution in [0.1, 0.15) is 12.5 Å². The molecule has 0 bridgehead atoms. The van der Waals surface area contributed by atoms with Crippen molar-refractivity contribution in [2.45, 2.75) is 12.8 Å². The van der Waals surface area contributed by atoms with Crippen LogP contribution in [0.3, 0.4) is 0 Å².